The smallest absolute Gasteiger partial charge is 0.199 e. The molecular weight excluding hydrogens is 163 g/mol. The Hall–Kier alpha value is -0.313. The van der Waals surface area contributed by atoms with Crippen LogP contribution < -0.4 is 18.9 Å². The van der Waals surface area contributed by atoms with Crippen LogP contribution in [-0.4, -0.2) is 0 Å². The minimum atomic E-state index is 0. The van der Waals surface area contributed by atoms with Gasteiger partial charge in [-0.15, -0.1) is 12.1 Å². The number of unbranched alkanes of at least 4 members (excludes halogenated alkanes) is 3. The van der Waals surface area contributed by atoms with Crippen LogP contribution in [0.5, 0.6) is 0 Å². The molecule has 74 valence electrons. The second-order valence-electron chi connectivity index (χ2n) is 3.19. The van der Waals surface area contributed by atoms with Crippen molar-refractivity contribution in [3.05, 3.63) is 42.8 Å². The topological polar surface area (TPSA) is 0 Å². The van der Waals surface area contributed by atoms with E-state index >= 15 is 0 Å². The van der Waals surface area contributed by atoms with Crippen molar-refractivity contribution in [2.75, 3.05) is 0 Å². The molecule has 0 fully saturated rings. The minimum absolute atomic E-state index is 0. The SMILES string of the molecule is CCCCCC.[CH2-]c1ccccc1.[Li+]. The first-order valence-electron chi connectivity index (χ1n) is 5.18. The van der Waals surface area contributed by atoms with Gasteiger partial charge in [-0.3, -0.25) is 0 Å². The van der Waals surface area contributed by atoms with Gasteiger partial charge in [0.05, 0.1) is 0 Å². The van der Waals surface area contributed by atoms with E-state index in [2.05, 4.69) is 20.8 Å². The van der Waals surface area contributed by atoms with Gasteiger partial charge in [-0.2, -0.15) is 24.6 Å². The number of hydrogen-bond donors (Lipinski definition) is 0. The van der Waals surface area contributed by atoms with Crippen molar-refractivity contribution in [2.45, 2.75) is 39.5 Å². The third kappa shape index (κ3) is 11.7. The molecule has 0 heterocycles. The van der Waals surface area contributed by atoms with Crippen molar-refractivity contribution in [2.24, 2.45) is 0 Å². The monoisotopic (exact) mass is 184 g/mol. The van der Waals surface area contributed by atoms with Crippen LogP contribution in [0.2, 0.25) is 0 Å². The fourth-order valence-electron chi connectivity index (χ4n) is 0.978. The Morgan fingerprint density at radius 3 is 1.57 bits per heavy atom. The third-order valence-corrected chi connectivity index (χ3v) is 1.80. The maximum atomic E-state index is 3.72. The van der Waals surface area contributed by atoms with Gasteiger partial charge in [0.15, 0.2) is 0 Å². The third-order valence-electron chi connectivity index (χ3n) is 1.80. The van der Waals surface area contributed by atoms with Gasteiger partial charge in [-0.05, 0) is 0 Å². The zero-order valence-electron chi connectivity index (χ0n) is 9.92. The molecule has 0 saturated carbocycles. The van der Waals surface area contributed by atoms with E-state index in [1.54, 1.807) is 0 Å². The molecule has 0 radical (unpaired) electrons. The fraction of sp³-hybridized carbons (Fsp3) is 0.462. The molecule has 14 heavy (non-hydrogen) atoms. The Morgan fingerprint density at radius 1 is 0.929 bits per heavy atom. The Morgan fingerprint density at radius 2 is 1.36 bits per heavy atom. The van der Waals surface area contributed by atoms with E-state index in [0.29, 0.717) is 0 Å². The molecule has 0 aliphatic heterocycles. The fourth-order valence-corrected chi connectivity index (χ4v) is 0.978. The van der Waals surface area contributed by atoms with E-state index in [1.165, 1.54) is 25.7 Å². The maximum absolute atomic E-state index is 3.72. The van der Waals surface area contributed by atoms with E-state index in [4.69, 9.17) is 0 Å². The van der Waals surface area contributed by atoms with E-state index < -0.39 is 0 Å². The van der Waals surface area contributed by atoms with Gasteiger partial charge in [0, 0.05) is 0 Å². The van der Waals surface area contributed by atoms with Crippen LogP contribution in [0.25, 0.3) is 0 Å². The minimum Gasteiger partial charge on any atom is -0.199 e. The van der Waals surface area contributed by atoms with Crippen molar-refractivity contribution in [1.29, 1.82) is 0 Å². The number of rotatable bonds is 3. The largest absolute Gasteiger partial charge is 1.00 e. The molecular formula is C13H21Li. The van der Waals surface area contributed by atoms with Crippen molar-refractivity contribution in [1.82, 2.24) is 0 Å². The Kier molecular flexibility index (Phi) is 14.6. The summed E-state index contributed by atoms with van der Waals surface area (Å²) < 4.78 is 0. The predicted molar refractivity (Wildman–Crippen MR) is 60.7 cm³/mol. The zero-order valence-corrected chi connectivity index (χ0v) is 9.92. The van der Waals surface area contributed by atoms with Crippen LogP contribution in [0.1, 0.15) is 45.1 Å². The second kappa shape index (κ2) is 12.7. The van der Waals surface area contributed by atoms with Crippen molar-refractivity contribution in [3.8, 4) is 0 Å². The molecule has 0 atom stereocenters. The van der Waals surface area contributed by atoms with Gasteiger partial charge in [-0.1, -0.05) is 45.6 Å². The van der Waals surface area contributed by atoms with Gasteiger partial charge in [0.1, 0.15) is 0 Å². The van der Waals surface area contributed by atoms with Gasteiger partial charge >= 0.3 is 18.9 Å². The first-order valence-corrected chi connectivity index (χ1v) is 5.18. The van der Waals surface area contributed by atoms with Crippen molar-refractivity contribution in [3.63, 3.8) is 0 Å². The van der Waals surface area contributed by atoms with Gasteiger partial charge < -0.3 is 0 Å². The number of benzene rings is 1. The maximum Gasteiger partial charge on any atom is 1.00 e. The molecule has 0 nitrogen and oxygen atoms in total. The predicted octanol–water partition coefficient (Wildman–Crippen LogP) is 1.46. The summed E-state index contributed by atoms with van der Waals surface area (Å²) in [5, 5.41) is 0. The molecule has 0 spiro atoms. The molecule has 1 heteroatoms. The van der Waals surface area contributed by atoms with Crippen LogP contribution in [0.3, 0.4) is 0 Å². The van der Waals surface area contributed by atoms with Gasteiger partial charge in [-0.25, -0.2) is 0 Å². The molecule has 1 rings (SSSR count). The summed E-state index contributed by atoms with van der Waals surface area (Å²) in [7, 11) is 0. The Labute approximate surface area is 101 Å². The molecule has 0 amide bonds. The van der Waals surface area contributed by atoms with Crippen LogP contribution in [0.4, 0.5) is 0 Å². The van der Waals surface area contributed by atoms with E-state index in [1.807, 2.05) is 30.3 Å². The van der Waals surface area contributed by atoms with E-state index in [-0.39, 0.29) is 18.9 Å². The first kappa shape index (κ1) is 16.1. The summed E-state index contributed by atoms with van der Waals surface area (Å²) in [4.78, 5) is 0. The quantitative estimate of drug-likeness (QED) is 0.379. The standard InChI is InChI=1S/C7H7.C6H14.Li/c1-7-5-3-2-4-6-7;1-3-5-6-4-2;/h2-6H,1H2;3-6H2,1-2H3;/q-1;;+1. The Balaban J connectivity index is 0. The van der Waals surface area contributed by atoms with Crippen LogP contribution in [0.15, 0.2) is 30.3 Å². The molecule has 0 saturated heterocycles. The first-order chi connectivity index (χ1) is 6.31. The molecule has 1 aromatic carbocycles. The average molecular weight is 184 g/mol. The average Bonchev–Trinajstić information content (AvgIpc) is 2.17. The Bertz CT molecular complexity index is 178. The summed E-state index contributed by atoms with van der Waals surface area (Å²) >= 11 is 0. The molecule has 0 aliphatic carbocycles. The molecule has 0 N–H and O–H groups in total. The van der Waals surface area contributed by atoms with Crippen LogP contribution in [-0.2, 0) is 0 Å². The second-order valence-corrected chi connectivity index (χ2v) is 3.19. The summed E-state index contributed by atoms with van der Waals surface area (Å²) in [6.45, 7) is 8.18. The van der Waals surface area contributed by atoms with Gasteiger partial charge in [0.25, 0.3) is 0 Å². The normalized spacial score (nSPS) is 8.14. The van der Waals surface area contributed by atoms with E-state index in [9.17, 15) is 0 Å². The molecule has 0 bridgehead atoms. The van der Waals surface area contributed by atoms with E-state index in [0.717, 1.165) is 5.56 Å². The summed E-state index contributed by atoms with van der Waals surface area (Å²) in [6, 6.07) is 9.87. The van der Waals surface area contributed by atoms with Crippen molar-refractivity contribution >= 4 is 0 Å². The summed E-state index contributed by atoms with van der Waals surface area (Å²) in [6.07, 6.45) is 5.54. The molecule has 1 aromatic rings. The van der Waals surface area contributed by atoms with Crippen LogP contribution >= 0.6 is 0 Å². The van der Waals surface area contributed by atoms with Crippen LogP contribution in [0, 0.1) is 6.92 Å². The summed E-state index contributed by atoms with van der Waals surface area (Å²) in [5.41, 5.74) is 1.07. The molecule has 0 aromatic heterocycles. The zero-order chi connectivity index (χ0) is 9.94. The molecule has 0 unspecified atom stereocenters. The number of hydrogen-bond acceptors (Lipinski definition) is 0. The van der Waals surface area contributed by atoms with Gasteiger partial charge in [0.2, 0.25) is 0 Å². The summed E-state index contributed by atoms with van der Waals surface area (Å²) in [5.74, 6) is 0. The van der Waals surface area contributed by atoms with Crippen molar-refractivity contribution < 1.29 is 18.9 Å². The molecule has 0 aliphatic rings.